The summed E-state index contributed by atoms with van der Waals surface area (Å²) in [5.74, 6) is 0. The molecule has 2 rings (SSSR count). The van der Waals surface area contributed by atoms with Gasteiger partial charge in [-0.1, -0.05) is 22.9 Å². The first-order chi connectivity index (χ1) is 6.74. The van der Waals surface area contributed by atoms with Crippen molar-refractivity contribution >= 4 is 37.4 Å². The van der Waals surface area contributed by atoms with Gasteiger partial charge in [0.05, 0.1) is 11.6 Å². The van der Waals surface area contributed by atoms with Gasteiger partial charge in [-0.3, -0.25) is 0 Å². The number of nitrogens with zero attached hydrogens (tertiary/aromatic N) is 1. The molecule has 0 spiro atoms. The van der Waals surface area contributed by atoms with E-state index in [0.717, 1.165) is 10.9 Å². The van der Waals surface area contributed by atoms with E-state index < -0.39 is 0 Å². The van der Waals surface area contributed by atoms with Gasteiger partial charge in [0, 0.05) is 19.4 Å². The minimum atomic E-state index is 0.717. The zero-order valence-corrected chi connectivity index (χ0v) is 10.1. The topological polar surface area (TPSA) is 23.8 Å². The van der Waals surface area contributed by atoms with Crippen LogP contribution in [-0.4, -0.2) is 0 Å². The fourth-order valence-electron chi connectivity index (χ4n) is 1.39. The zero-order valence-electron chi connectivity index (χ0n) is 7.67. The zero-order chi connectivity index (χ0) is 10.1. The molecule has 14 heavy (non-hydrogen) atoms. The molecule has 1 nitrogen and oxygen atoms in total. The predicted molar refractivity (Wildman–Crippen MR) is 63.6 cm³/mol. The average molecular weight is 266 g/mol. The molecule has 0 saturated heterocycles. The Labute approximate surface area is 95.1 Å². The Morgan fingerprint density at radius 2 is 2.21 bits per heavy atom. The van der Waals surface area contributed by atoms with Crippen LogP contribution in [0.3, 0.4) is 0 Å². The van der Waals surface area contributed by atoms with Crippen molar-refractivity contribution in [3.63, 3.8) is 0 Å². The van der Waals surface area contributed by atoms with Gasteiger partial charge in [-0.15, -0.1) is 11.3 Å². The van der Waals surface area contributed by atoms with Crippen LogP contribution >= 0.6 is 27.3 Å². The van der Waals surface area contributed by atoms with Crippen molar-refractivity contribution in [2.45, 2.75) is 13.3 Å². The van der Waals surface area contributed by atoms with Crippen LogP contribution in [0.2, 0.25) is 0 Å². The Balaban J connectivity index is 2.75. The summed E-state index contributed by atoms with van der Waals surface area (Å²) in [7, 11) is 0. The first-order valence-electron chi connectivity index (χ1n) is 4.36. The molecule has 0 N–H and O–H groups in total. The lowest BCUT2D eigenvalue weighted by Gasteiger charge is -1.94. The summed E-state index contributed by atoms with van der Waals surface area (Å²) in [4.78, 5) is 1.36. The molecule has 2 aromatic rings. The fourth-order valence-corrected chi connectivity index (χ4v) is 3.16. The Hall–Kier alpha value is -0.850. The van der Waals surface area contributed by atoms with Crippen molar-refractivity contribution in [3.05, 3.63) is 33.1 Å². The third-order valence-corrected chi connectivity index (χ3v) is 4.00. The summed E-state index contributed by atoms with van der Waals surface area (Å²) in [6.07, 6.45) is 1.05. The highest BCUT2D eigenvalue weighted by atomic mass is 79.9. The summed E-state index contributed by atoms with van der Waals surface area (Å²) >= 11 is 5.25. The molecule has 1 aromatic carbocycles. The van der Waals surface area contributed by atoms with E-state index in [4.69, 9.17) is 5.26 Å². The number of nitriles is 1. The van der Waals surface area contributed by atoms with Gasteiger partial charge < -0.3 is 0 Å². The van der Waals surface area contributed by atoms with Gasteiger partial charge in [-0.05, 0) is 24.6 Å². The normalized spacial score (nSPS) is 10.4. The van der Waals surface area contributed by atoms with Gasteiger partial charge in [0.15, 0.2) is 0 Å². The molecule has 1 heterocycles. The molecule has 0 aliphatic carbocycles. The van der Waals surface area contributed by atoms with E-state index >= 15 is 0 Å². The SMILES string of the molecule is CCc1cc2c(Br)cc(C#N)cc2s1. The highest BCUT2D eigenvalue weighted by Gasteiger charge is 2.05. The summed E-state index contributed by atoms with van der Waals surface area (Å²) in [6, 6.07) is 8.17. The van der Waals surface area contributed by atoms with E-state index in [1.165, 1.54) is 15.0 Å². The van der Waals surface area contributed by atoms with Gasteiger partial charge in [0.25, 0.3) is 0 Å². The Bertz CT molecular complexity index is 522. The second-order valence-electron chi connectivity index (χ2n) is 3.05. The second-order valence-corrected chi connectivity index (χ2v) is 5.07. The Morgan fingerprint density at radius 3 is 2.86 bits per heavy atom. The van der Waals surface area contributed by atoms with Crippen LogP contribution in [0.5, 0.6) is 0 Å². The Kier molecular flexibility index (Phi) is 2.58. The molecular formula is C11H8BrNS. The smallest absolute Gasteiger partial charge is 0.0992 e. The van der Waals surface area contributed by atoms with Gasteiger partial charge in [-0.25, -0.2) is 0 Å². The molecule has 0 atom stereocenters. The van der Waals surface area contributed by atoms with Crippen molar-refractivity contribution < 1.29 is 0 Å². The maximum Gasteiger partial charge on any atom is 0.0992 e. The molecule has 0 unspecified atom stereocenters. The molecule has 0 radical (unpaired) electrons. The number of halogens is 1. The van der Waals surface area contributed by atoms with Crippen molar-refractivity contribution in [2.24, 2.45) is 0 Å². The van der Waals surface area contributed by atoms with Gasteiger partial charge in [0.2, 0.25) is 0 Å². The van der Waals surface area contributed by atoms with Gasteiger partial charge >= 0.3 is 0 Å². The summed E-state index contributed by atoms with van der Waals surface area (Å²) in [5, 5.41) is 10.0. The van der Waals surface area contributed by atoms with Crippen molar-refractivity contribution in [1.29, 1.82) is 5.26 Å². The minimum absolute atomic E-state index is 0.717. The lowest BCUT2D eigenvalue weighted by atomic mass is 10.2. The lowest BCUT2D eigenvalue weighted by molar-refractivity contribution is 1.19. The first kappa shape index (κ1) is 9.70. The molecule has 0 saturated carbocycles. The quantitative estimate of drug-likeness (QED) is 0.762. The second kappa shape index (κ2) is 3.72. The number of hydrogen-bond donors (Lipinski definition) is 0. The molecule has 0 aliphatic rings. The number of hydrogen-bond acceptors (Lipinski definition) is 2. The minimum Gasteiger partial charge on any atom is -0.192 e. The fraction of sp³-hybridized carbons (Fsp3) is 0.182. The third kappa shape index (κ3) is 1.56. The molecule has 0 bridgehead atoms. The number of rotatable bonds is 1. The molecule has 0 fully saturated rings. The summed E-state index contributed by atoms with van der Waals surface area (Å²) < 4.78 is 2.20. The maximum atomic E-state index is 8.82. The lowest BCUT2D eigenvalue weighted by Crippen LogP contribution is -1.73. The van der Waals surface area contributed by atoms with Crippen LogP contribution in [-0.2, 0) is 6.42 Å². The standard InChI is InChI=1S/C11H8BrNS/c1-2-8-5-9-10(12)3-7(6-13)4-11(9)14-8/h3-5H,2H2,1H3. The summed E-state index contributed by atoms with van der Waals surface area (Å²) in [5.41, 5.74) is 0.717. The predicted octanol–water partition coefficient (Wildman–Crippen LogP) is 4.10. The van der Waals surface area contributed by atoms with E-state index in [1.54, 1.807) is 11.3 Å². The summed E-state index contributed by atoms with van der Waals surface area (Å²) in [6.45, 7) is 2.14. The van der Waals surface area contributed by atoms with Gasteiger partial charge in [0.1, 0.15) is 0 Å². The molecule has 3 heteroatoms. The molecule has 0 aliphatic heterocycles. The molecule has 1 aromatic heterocycles. The largest absolute Gasteiger partial charge is 0.192 e. The maximum absolute atomic E-state index is 8.82. The van der Waals surface area contributed by atoms with E-state index in [9.17, 15) is 0 Å². The van der Waals surface area contributed by atoms with Crippen LogP contribution in [0.4, 0.5) is 0 Å². The molecular weight excluding hydrogens is 258 g/mol. The van der Waals surface area contributed by atoms with E-state index in [1.807, 2.05) is 12.1 Å². The number of fused-ring (bicyclic) bond motifs is 1. The van der Waals surface area contributed by atoms with Crippen LogP contribution in [0, 0.1) is 11.3 Å². The average Bonchev–Trinajstić information content (AvgIpc) is 2.61. The molecule has 70 valence electrons. The van der Waals surface area contributed by atoms with E-state index in [-0.39, 0.29) is 0 Å². The number of benzene rings is 1. The third-order valence-electron chi connectivity index (χ3n) is 2.12. The van der Waals surface area contributed by atoms with Crippen molar-refractivity contribution in [3.8, 4) is 6.07 Å². The van der Waals surface area contributed by atoms with Crippen molar-refractivity contribution in [1.82, 2.24) is 0 Å². The number of thiophene rings is 1. The van der Waals surface area contributed by atoms with Crippen LogP contribution in [0.25, 0.3) is 10.1 Å². The van der Waals surface area contributed by atoms with E-state index in [0.29, 0.717) is 5.56 Å². The monoisotopic (exact) mass is 265 g/mol. The van der Waals surface area contributed by atoms with Gasteiger partial charge in [-0.2, -0.15) is 5.26 Å². The number of aryl methyl sites for hydroxylation is 1. The molecule has 0 amide bonds. The highest BCUT2D eigenvalue weighted by Crippen LogP contribution is 2.32. The first-order valence-corrected chi connectivity index (χ1v) is 5.97. The van der Waals surface area contributed by atoms with Crippen LogP contribution in [0.15, 0.2) is 22.7 Å². The van der Waals surface area contributed by atoms with Crippen molar-refractivity contribution in [2.75, 3.05) is 0 Å². The van der Waals surface area contributed by atoms with Crippen LogP contribution in [0.1, 0.15) is 17.4 Å². The van der Waals surface area contributed by atoms with E-state index in [2.05, 4.69) is 35.0 Å². The van der Waals surface area contributed by atoms with Crippen LogP contribution < -0.4 is 0 Å². The highest BCUT2D eigenvalue weighted by molar-refractivity contribution is 9.10. The Morgan fingerprint density at radius 1 is 1.43 bits per heavy atom.